The van der Waals surface area contributed by atoms with Crippen molar-refractivity contribution in [1.82, 2.24) is 5.32 Å². The molecule has 0 aliphatic heterocycles. The summed E-state index contributed by atoms with van der Waals surface area (Å²) in [4.78, 5) is 0. The van der Waals surface area contributed by atoms with Gasteiger partial charge >= 0.3 is 0 Å². The molecule has 0 spiro atoms. The van der Waals surface area contributed by atoms with Gasteiger partial charge in [-0.25, -0.2) is 0 Å². The molecule has 0 aliphatic rings. The van der Waals surface area contributed by atoms with Crippen LogP contribution in [0.4, 0.5) is 0 Å². The van der Waals surface area contributed by atoms with E-state index in [1.807, 2.05) is 13.8 Å². The molecule has 0 bridgehead atoms. The smallest absolute Gasteiger partial charge is 0.173 e. The van der Waals surface area contributed by atoms with E-state index in [9.17, 15) is 5.11 Å². The van der Waals surface area contributed by atoms with E-state index in [0.29, 0.717) is 6.61 Å². The lowest BCUT2D eigenvalue weighted by Gasteiger charge is -2.26. The summed E-state index contributed by atoms with van der Waals surface area (Å²) >= 11 is 0. The number of rotatable bonds is 7. The molecule has 4 nitrogen and oxygen atoms in total. The largest absolute Gasteiger partial charge is 0.376 e. The maximum atomic E-state index is 9.56. The van der Waals surface area contributed by atoms with Gasteiger partial charge in [-0.1, -0.05) is 6.08 Å². The summed E-state index contributed by atoms with van der Waals surface area (Å²) in [6.45, 7) is 7.70. The van der Waals surface area contributed by atoms with Crippen molar-refractivity contribution >= 4 is 0 Å². The molecule has 0 aromatic heterocycles. The zero-order valence-electron chi connectivity index (χ0n) is 9.41. The highest BCUT2D eigenvalue weighted by molar-refractivity contribution is 4.87. The summed E-state index contributed by atoms with van der Waals surface area (Å²) in [5.74, 6) is 0. The minimum atomic E-state index is -0.896. The number of nitrogens with one attached hydrogen (secondary N) is 1. The Morgan fingerprint density at radius 3 is 2.50 bits per heavy atom. The standard InChI is InChI=1S/C10H21NO3/c1-6-8(11-4)9(12)14-7-10(2,3)13-5/h6,8-9,11-12H,1,7H2,2-5H3/t8-,9?/m0/s1. The number of likely N-dealkylation sites (N-methyl/N-ethyl adjacent to an activating group) is 1. The third-order valence-electron chi connectivity index (χ3n) is 2.05. The molecule has 84 valence electrons. The summed E-state index contributed by atoms with van der Waals surface area (Å²) in [5.41, 5.74) is -0.388. The van der Waals surface area contributed by atoms with Crippen LogP contribution in [0.3, 0.4) is 0 Å². The lowest BCUT2D eigenvalue weighted by molar-refractivity contribution is -0.154. The predicted molar refractivity (Wildman–Crippen MR) is 56.1 cm³/mol. The maximum absolute atomic E-state index is 9.56. The number of methoxy groups -OCH3 is 1. The second-order valence-corrected chi connectivity index (χ2v) is 3.72. The monoisotopic (exact) mass is 203 g/mol. The fourth-order valence-corrected chi connectivity index (χ4v) is 0.826. The number of aliphatic hydroxyl groups excluding tert-OH is 1. The molecule has 0 radical (unpaired) electrons. The van der Waals surface area contributed by atoms with Crippen LogP contribution in [0.1, 0.15) is 13.8 Å². The predicted octanol–water partition coefficient (Wildman–Crippen LogP) is 0.520. The van der Waals surface area contributed by atoms with E-state index in [0.717, 1.165) is 0 Å². The molecule has 0 amide bonds. The first-order valence-corrected chi connectivity index (χ1v) is 4.61. The lowest BCUT2D eigenvalue weighted by Crippen LogP contribution is -2.41. The van der Waals surface area contributed by atoms with Gasteiger partial charge in [0.05, 0.1) is 18.2 Å². The van der Waals surface area contributed by atoms with Crippen molar-refractivity contribution in [2.45, 2.75) is 31.8 Å². The van der Waals surface area contributed by atoms with E-state index in [-0.39, 0.29) is 11.6 Å². The van der Waals surface area contributed by atoms with Crippen molar-refractivity contribution in [3.63, 3.8) is 0 Å². The average molecular weight is 203 g/mol. The van der Waals surface area contributed by atoms with Crippen LogP contribution in [0.5, 0.6) is 0 Å². The Kier molecular flexibility index (Phi) is 5.95. The minimum absolute atomic E-state index is 0.261. The van der Waals surface area contributed by atoms with Gasteiger partial charge in [0, 0.05) is 7.11 Å². The molecular formula is C10H21NO3. The molecule has 0 heterocycles. The first-order chi connectivity index (χ1) is 6.46. The van der Waals surface area contributed by atoms with Crippen LogP contribution in [0.25, 0.3) is 0 Å². The first-order valence-electron chi connectivity index (χ1n) is 4.61. The Balaban J connectivity index is 3.94. The summed E-state index contributed by atoms with van der Waals surface area (Å²) in [5, 5.41) is 12.4. The molecule has 0 saturated carbocycles. The Labute approximate surface area is 85.9 Å². The molecule has 0 aliphatic carbocycles. The maximum Gasteiger partial charge on any atom is 0.173 e. The van der Waals surface area contributed by atoms with Gasteiger partial charge in [-0.3, -0.25) is 0 Å². The summed E-state index contributed by atoms with van der Waals surface area (Å²) in [6, 6.07) is -0.261. The van der Waals surface area contributed by atoms with Crippen molar-refractivity contribution in [1.29, 1.82) is 0 Å². The van der Waals surface area contributed by atoms with Crippen LogP contribution < -0.4 is 5.32 Å². The van der Waals surface area contributed by atoms with Crippen molar-refractivity contribution in [3.05, 3.63) is 12.7 Å². The molecule has 0 aromatic carbocycles. The fourth-order valence-electron chi connectivity index (χ4n) is 0.826. The van der Waals surface area contributed by atoms with Gasteiger partial charge in [0.1, 0.15) is 0 Å². The third kappa shape index (κ3) is 4.72. The molecule has 0 aromatic rings. The van der Waals surface area contributed by atoms with Gasteiger partial charge < -0.3 is 19.9 Å². The van der Waals surface area contributed by atoms with Crippen molar-refractivity contribution < 1.29 is 14.6 Å². The number of hydrogen-bond acceptors (Lipinski definition) is 4. The molecule has 1 unspecified atom stereocenters. The van der Waals surface area contributed by atoms with Gasteiger partial charge in [-0.2, -0.15) is 0 Å². The van der Waals surface area contributed by atoms with Crippen LogP contribution >= 0.6 is 0 Å². The van der Waals surface area contributed by atoms with Gasteiger partial charge in [0.2, 0.25) is 0 Å². The molecule has 2 atom stereocenters. The molecular weight excluding hydrogens is 182 g/mol. The first kappa shape index (κ1) is 13.6. The molecule has 0 fully saturated rings. The van der Waals surface area contributed by atoms with Crippen molar-refractivity contribution in [2.75, 3.05) is 20.8 Å². The average Bonchev–Trinajstić information content (AvgIpc) is 2.17. The highest BCUT2D eigenvalue weighted by Gasteiger charge is 2.21. The Bertz CT molecular complexity index is 171. The summed E-state index contributed by atoms with van der Waals surface area (Å²) in [7, 11) is 3.35. The normalized spacial score (nSPS) is 16.4. The molecule has 2 N–H and O–H groups in total. The van der Waals surface area contributed by atoms with Crippen LogP contribution in [-0.4, -0.2) is 43.8 Å². The van der Waals surface area contributed by atoms with Gasteiger partial charge in [0.25, 0.3) is 0 Å². The van der Waals surface area contributed by atoms with Gasteiger partial charge in [-0.15, -0.1) is 6.58 Å². The van der Waals surface area contributed by atoms with E-state index < -0.39 is 6.29 Å². The minimum Gasteiger partial charge on any atom is -0.376 e. The number of hydrogen-bond donors (Lipinski definition) is 2. The second-order valence-electron chi connectivity index (χ2n) is 3.72. The quantitative estimate of drug-likeness (QED) is 0.468. The fraction of sp³-hybridized carbons (Fsp3) is 0.800. The Morgan fingerprint density at radius 2 is 2.14 bits per heavy atom. The van der Waals surface area contributed by atoms with Gasteiger partial charge in [0.15, 0.2) is 6.29 Å². The highest BCUT2D eigenvalue weighted by Crippen LogP contribution is 2.09. The topological polar surface area (TPSA) is 50.7 Å². The molecule has 4 heteroatoms. The van der Waals surface area contributed by atoms with Crippen LogP contribution in [-0.2, 0) is 9.47 Å². The van der Waals surface area contributed by atoms with Crippen molar-refractivity contribution in [2.24, 2.45) is 0 Å². The van der Waals surface area contributed by atoms with Crippen LogP contribution in [0.15, 0.2) is 12.7 Å². The molecule has 0 saturated heterocycles. The van der Waals surface area contributed by atoms with E-state index in [2.05, 4.69) is 11.9 Å². The van der Waals surface area contributed by atoms with E-state index in [1.165, 1.54) is 0 Å². The van der Waals surface area contributed by atoms with Crippen LogP contribution in [0.2, 0.25) is 0 Å². The van der Waals surface area contributed by atoms with Crippen LogP contribution in [0, 0.1) is 0 Å². The van der Waals surface area contributed by atoms with E-state index >= 15 is 0 Å². The third-order valence-corrected chi connectivity index (χ3v) is 2.05. The molecule has 14 heavy (non-hydrogen) atoms. The Morgan fingerprint density at radius 1 is 1.57 bits per heavy atom. The highest BCUT2D eigenvalue weighted by atomic mass is 16.6. The number of aliphatic hydroxyl groups is 1. The second kappa shape index (κ2) is 6.14. The van der Waals surface area contributed by atoms with E-state index in [4.69, 9.17) is 9.47 Å². The summed E-state index contributed by atoms with van der Waals surface area (Å²) < 4.78 is 10.4. The van der Waals surface area contributed by atoms with Crippen molar-refractivity contribution in [3.8, 4) is 0 Å². The number of ether oxygens (including phenoxy) is 2. The molecule has 0 rings (SSSR count). The van der Waals surface area contributed by atoms with E-state index in [1.54, 1.807) is 20.2 Å². The zero-order chi connectivity index (χ0) is 11.2. The lowest BCUT2D eigenvalue weighted by atomic mass is 10.1. The van der Waals surface area contributed by atoms with Gasteiger partial charge in [-0.05, 0) is 20.9 Å². The Hall–Kier alpha value is -0.420. The zero-order valence-corrected chi connectivity index (χ0v) is 9.41. The SMILES string of the molecule is C=C[C@H](NC)C(O)OCC(C)(C)OC. The summed E-state index contributed by atoms with van der Waals surface area (Å²) in [6.07, 6.45) is 0.705.